The van der Waals surface area contributed by atoms with Crippen molar-refractivity contribution in [2.75, 3.05) is 5.32 Å². The van der Waals surface area contributed by atoms with Gasteiger partial charge in [-0.25, -0.2) is 4.79 Å². The summed E-state index contributed by atoms with van der Waals surface area (Å²) in [4.78, 5) is 22.4. The number of benzene rings is 1. The minimum absolute atomic E-state index is 0.126. The molecule has 8 heteroatoms. The number of anilines is 1. The lowest BCUT2D eigenvalue weighted by Crippen LogP contribution is -2.33. The Bertz CT molecular complexity index is 788. The average Bonchev–Trinajstić information content (AvgIpc) is 2.97. The van der Waals surface area contributed by atoms with E-state index in [9.17, 15) is 9.59 Å². The first-order valence-corrected chi connectivity index (χ1v) is 8.34. The van der Waals surface area contributed by atoms with E-state index < -0.39 is 5.97 Å². The zero-order valence-corrected chi connectivity index (χ0v) is 15.2. The van der Waals surface area contributed by atoms with E-state index >= 15 is 0 Å². The van der Waals surface area contributed by atoms with Crippen molar-refractivity contribution in [1.29, 1.82) is 0 Å². The predicted molar refractivity (Wildman–Crippen MR) is 98.1 cm³/mol. The molecule has 2 rings (SSSR count). The molecular weight excluding hydrogens is 396 g/mol. The minimum Gasteiger partial charge on any atom is -0.475 e. The van der Waals surface area contributed by atoms with Gasteiger partial charge in [0.1, 0.15) is 5.76 Å². The highest BCUT2D eigenvalue weighted by Gasteiger charge is 2.13. The molecule has 0 atom stereocenters. The van der Waals surface area contributed by atoms with Gasteiger partial charge >= 0.3 is 5.97 Å². The first-order chi connectivity index (χ1) is 11.4. The summed E-state index contributed by atoms with van der Waals surface area (Å²) in [5.41, 5.74) is 1.38. The molecule has 0 aliphatic rings. The quantitative estimate of drug-likeness (QED) is 0.644. The van der Waals surface area contributed by atoms with Gasteiger partial charge in [0.15, 0.2) is 5.11 Å². The van der Waals surface area contributed by atoms with Crippen LogP contribution in [0, 0.1) is 0 Å². The van der Waals surface area contributed by atoms with Crippen LogP contribution in [0.1, 0.15) is 30.3 Å². The third-order valence-electron chi connectivity index (χ3n) is 3.04. The number of aromatic carboxylic acids is 1. The van der Waals surface area contributed by atoms with Crippen LogP contribution in [0.15, 0.2) is 39.2 Å². The summed E-state index contributed by atoms with van der Waals surface area (Å²) in [5.74, 6) is -0.949. The molecule has 24 heavy (non-hydrogen) atoms. The van der Waals surface area contributed by atoms with Crippen LogP contribution >= 0.6 is 28.1 Å². The maximum atomic E-state index is 11.5. The monoisotopic (exact) mass is 410 g/mol. The van der Waals surface area contributed by atoms with Crippen LogP contribution in [0.4, 0.5) is 5.69 Å². The van der Waals surface area contributed by atoms with Crippen LogP contribution in [0.3, 0.4) is 0 Å². The van der Waals surface area contributed by atoms with Crippen LogP contribution in [-0.2, 0) is 4.79 Å². The van der Waals surface area contributed by atoms with Crippen molar-refractivity contribution >= 4 is 50.8 Å². The van der Waals surface area contributed by atoms with E-state index in [0.717, 1.165) is 6.42 Å². The Kier molecular flexibility index (Phi) is 6.10. The topological polar surface area (TPSA) is 91.6 Å². The standard InChI is InChI=1S/C16H15BrN2O4S/c1-2-3-14(20)19-16(24)18-9-4-5-10(11(17)8-9)12-6-7-13(23-12)15(21)22/h4-8H,2-3H2,1H3,(H,21,22)(H2,18,19,20,24). The number of thiocarbonyl (C=S) groups is 1. The van der Waals surface area contributed by atoms with E-state index in [-0.39, 0.29) is 16.8 Å². The van der Waals surface area contributed by atoms with Gasteiger partial charge in [-0.05, 0) is 64.9 Å². The highest BCUT2D eigenvalue weighted by molar-refractivity contribution is 9.10. The molecule has 3 N–H and O–H groups in total. The van der Waals surface area contributed by atoms with Crippen LogP contribution in [-0.4, -0.2) is 22.1 Å². The molecule has 0 fully saturated rings. The molecule has 126 valence electrons. The molecule has 0 aliphatic carbocycles. The largest absolute Gasteiger partial charge is 0.475 e. The maximum absolute atomic E-state index is 11.5. The SMILES string of the molecule is CCCC(=O)NC(=S)Nc1ccc(-c2ccc(C(=O)O)o2)c(Br)c1. The fraction of sp³-hybridized carbons (Fsp3) is 0.188. The van der Waals surface area contributed by atoms with E-state index in [4.69, 9.17) is 21.7 Å². The Morgan fingerprint density at radius 3 is 2.62 bits per heavy atom. The molecule has 0 bridgehead atoms. The molecule has 0 saturated heterocycles. The van der Waals surface area contributed by atoms with Gasteiger partial charge in [0.05, 0.1) is 0 Å². The fourth-order valence-electron chi connectivity index (χ4n) is 1.97. The van der Waals surface area contributed by atoms with Crippen molar-refractivity contribution < 1.29 is 19.1 Å². The van der Waals surface area contributed by atoms with Crippen molar-refractivity contribution in [3.8, 4) is 11.3 Å². The first kappa shape index (κ1) is 18.2. The minimum atomic E-state index is -1.12. The molecule has 0 aliphatic heterocycles. The second kappa shape index (κ2) is 8.07. The summed E-state index contributed by atoms with van der Waals surface area (Å²) in [5, 5.41) is 14.6. The molecule has 0 saturated carbocycles. The third kappa shape index (κ3) is 4.65. The lowest BCUT2D eigenvalue weighted by atomic mass is 10.1. The van der Waals surface area contributed by atoms with E-state index in [1.54, 1.807) is 24.3 Å². The van der Waals surface area contributed by atoms with Gasteiger partial charge in [0.2, 0.25) is 11.7 Å². The van der Waals surface area contributed by atoms with Crippen LogP contribution in [0.5, 0.6) is 0 Å². The zero-order chi connectivity index (χ0) is 17.7. The van der Waals surface area contributed by atoms with Gasteiger partial charge in [0.25, 0.3) is 0 Å². The number of carboxylic acid groups (broad SMARTS) is 1. The lowest BCUT2D eigenvalue weighted by molar-refractivity contribution is -0.119. The summed E-state index contributed by atoms with van der Waals surface area (Å²) < 4.78 is 5.98. The van der Waals surface area contributed by atoms with Crippen LogP contribution in [0.2, 0.25) is 0 Å². The molecule has 1 aromatic heterocycles. The summed E-state index contributed by atoms with van der Waals surface area (Å²) in [7, 11) is 0. The molecule has 1 heterocycles. The molecule has 1 amide bonds. The Balaban J connectivity index is 2.10. The second-order valence-corrected chi connectivity index (χ2v) is 6.18. The van der Waals surface area contributed by atoms with E-state index in [1.807, 2.05) is 6.92 Å². The average molecular weight is 411 g/mol. The highest BCUT2D eigenvalue weighted by Crippen LogP contribution is 2.32. The van der Waals surface area contributed by atoms with Crippen LogP contribution < -0.4 is 10.6 Å². The van der Waals surface area contributed by atoms with Gasteiger partial charge in [-0.3, -0.25) is 4.79 Å². The number of amides is 1. The number of carbonyl (C=O) groups is 2. The van der Waals surface area contributed by atoms with Crippen molar-refractivity contribution in [2.24, 2.45) is 0 Å². The number of hydrogen-bond acceptors (Lipinski definition) is 4. The Hall–Kier alpha value is -2.19. The number of carboxylic acids is 1. The number of nitrogens with one attached hydrogen (secondary N) is 2. The van der Waals surface area contributed by atoms with Crippen LogP contribution in [0.25, 0.3) is 11.3 Å². The maximum Gasteiger partial charge on any atom is 0.371 e. The zero-order valence-electron chi connectivity index (χ0n) is 12.8. The fourth-order valence-corrected chi connectivity index (χ4v) is 2.77. The lowest BCUT2D eigenvalue weighted by Gasteiger charge is -2.10. The summed E-state index contributed by atoms with van der Waals surface area (Å²) in [6.07, 6.45) is 1.16. The Morgan fingerprint density at radius 1 is 1.29 bits per heavy atom. The smallest absolute Gasteiger partial charge is 0.371 e. The second-order valence-electron chi connectivity index (χ2n) is 4.92. The van der Waals surface area contributed by atoms with Gasteiger partial charge in [-0.1, -0.05) is 6.92 Å². The van der Waals surface area contributed by atoms with E-state index in [2.05, 4.69) is 26.6 Å². The predicted octanol–water partition coefficient (Wildman–Crippen LogP) is 4.02. The molecule has 0 unspecified atom stereocenters. The van der Waals surface area contributed by atoms with Gasteiger partial charge in [-0.15, -0.1) is 0 Å². The molecule has 0 radical (unpaired) electrons. The van der Waals surface area contributed by atoms with E-state index in [1.165, 1.54) is 6.07 Å². The molecule has 6 nitrogen and oxygen atoms in total. The van der Waals surface area contributed by atoms with Crippen molar-refractivity contribution in [3.63, 3.8) is 0 Å². The van der Waals surface area contributed by atoms with Gasteiger partial charge < -0.3 is 20.2 Å². The molecule has 2 aromatic rings. The number of rotatable bonds is 5. The Morgan fingerprint density at radius 2 is 2.04 bits per heavy atom. The van der Waals surface area contributed by atoms with Gasteiger partial charge in [-0.2, -0.15) is 0 Å². The summed E-state index contributed by atoms with van der Waals surface area (Å²) in [6, 6.07) is 8.26. The van der Waals surface area contributed by atoms with Crippen molar-refractivity contribution in [1.82, 2.24) is 5.32 Å². The number of carbonyl (C=O) groups excluding carboxylic acids is 1. The molecular formula is C16H15BrN2O4S. The van der Waals surface area contributed by atoms with E-state index in [0.29, 0.717) is 27.9 Å². The Labute approximate surface area is 152 Å². The highest BCUT2D eigenvalue weighted by atomic mass is 79.9. The first-order valence-electron chi connectivity index (χ1n) is 7.14. The molecule has 0 spiro atoms. The van der Waals surface area contributed by atoms with Gasteiger partial charge in [0, 0.05) is 22.1 Å². The number of hydrogen-bond donors (Lipinski definition) is 3. The summed E-state index contributed by atoms with van der Waals surface area (Å²) in [6.45, 7) is 1.91. The number of halogens is 1. The van der Waals surface area contributed by atoms with Crippen molar-refractivity contribution in [2.45, 2.75) is 19.8 Å². The normalized spacial score (nSPS) is 10.2. The van der Waals surface area contributed by atoms with Crippen molar-refractivity contribution in [3.05, 3.63) is 40.6 Å². The third-order valence-corrected chi connectivity index (χ3v) is 3.90. The summed E-state index contributed by atoms with van der Waals surface area (Å²) >= 11 is 8.50. The molecule has 1 aromatic carbocycles. The number of furan rings is 1.